The van der Waals surface area contributed by atoms with Crippen LogP contribution in [0, 0.1) is 34.1 Å². The molecule has 0 aromatic heterocycles. The molecule has 0 amide bonds. The average Bonchev–Trinajstić information content (AvgIpc) is 2.62. The molecule has 0 atom stereocenters. The van der Waals surface area contributed by atoms with Crippen LogP contribution in [0.15, 0.2) is 48.6 Å². The number of nitrogens with zero attached hydrogens (tertiary/aromatic N) is 2. The Morgan fingerprint density at radius 1 is 0.786 bits per heavy atom. The number of ether oxygens (including phenoxy) is 2. The van der Waals surface area contributed by atoms with Gasteiger partial charge in [0.2, 0.25) is 0 Å². The third kappa shape index (κ3) is 5.21. The van der Waals surface area contributed by atoms with Gasteiger partial charge in [-0.1, -0.05) is 0 Å². The molecule has 2 aromatic carbocycles. The van der Waals surface area contributed by atoms with Crippen molar-refractivity contribution in [2.24, 2.45) is 0 Å². The fraction of sp³-hybridized carbons (Fsp3) is 0.111. The first-order valence-corrected chi connectivity index (χ1v) is 7.79. The summed E-state index contributed by atoms with van der Waals surface area (Å²) in [6.45, 7) is 3.07. The van der Waals surface area contributed by atoms with Crippen molar-refractivity contribution in [3.05, 3.63) is 79.9 Å². The van der Waals surface area contributed by atoms with Gasteiger partial charge < -0.3 is 9.47 Å². The zero-order valence-electron chi connectivity index (χ0n) is 14.8. The molecule has 0 unspecified atom stereocenters. The molecule has 2 aromatic rings. The number of nitro groups is 2. The van der Waals surface area contributed by atoms with Crippen LogP contribution >= 0.6 is 0 Å². The Kier molecular flexibility index (Phi) is 6.17. The molecule has 0 saturated carbocycles. The lowest BCUT2D eigenvalue weighted by molar-refractivity contribution is -0.385. The highest BCUT2D eigenvalue weighted by Crippen LogP contribution is 2.25. The topological polar surface area (TPSA) is 139 Å². The third-order valence-corrected chi connectivity index (χ3v) is 3.55. The third-order valence-electron chi connectivity index (χ3n) is 3.55. The van der Waals surface area contributed by atoms with Gasteiger partial charge in [0.25, 0.3) is 11.4 Å². The largest absolute Gasteiger partial charge is 0.423 e. The van der Waals surface area contributed by atoms with E-state index >= 15 is 0 Å². The number of hydrogen-bond donors (Lipinski definition) is 0. The van der Waals surface area contributed by atoms with Gasteiger partial charge in [-0.05, 0) is 38.1 Å². The number of carbonyl (C=O) groups is 2. The molecule has 2 rings (SSSR count). The molecule has 0 aliphatic heterocycles. The summed E-state index contributed by atoms with van der Waals surface area (Å²) in [4.78, 5) is 44.0. The summed E-state index contributed by atoms with van der Waals surface area (Å²) in [5.41, 5.74) is 0.372. The first-order chi connectivity index (χ1) is 13.2. The van der Waals surface area contributed by atoms with Crippen molar-refractivity contribution in [3.63, 3.8) is 0 Å². The minimum absolute atomic E-state index is 0.0607. The number of esters is 2. The minimum atomic E-state index is -0.954. The van der Waals surface area contributed by atoms with Crippen LogP contribution in [0.4, 0.5) is 11.4 Å². The normalized spacial score (nSPS) is 10.5. The summed E-state index contributed by atoms with van der Waals surface area (Å²) in [5, 5.41) is 21.8. The molecule has 0 radical (unpaired) electrons. The van der Waals surface area contributed by atoms with Gasteiger partial charge in [-0.3, -0.25) is 20.2 Å². The van der Waals surface area contributed by atoms with E-state index in [4.69, 9.17) is 9.47 Å². The van der Waals surface area contributed by atoms with E-state index in [1.54, 1.807) is 0 Å². The van der Waals surface area contributed by atoms with Gasteiger partial charge in [0.15, 0.2) is 0 Å². The summed E-state index contributed by atoms with van der Waals surface area (Å²) in [5.74, 6) is -2.03. The molecule has 0 heterocycles. The molecule has 0 spiro atoms. The van der Waals surface area contributed by atoms with E-state index in [-0.39, 0.29) is 22.9 Å². The number of nitro benzene ring substituents is 2. The second-order valence-corrected chi connectivity index (χ2v) is 5.59. The smallest absolute Gasteiger partial charge is 0.336 e. The van der Waals surface area contributed by atoms with Crippen molar-refractivity contribution in [2.75, 3.05) is 0 Å². The van der Waals surface area contributed by atoms with Crippen LogP contribution in [0.2, 0.25) is 0 Å². The van der Waals surface area contributed by atoms with Gasteiger partial charge >= 0.3 is 11.9 Å². The molecular weight excluding hydrogens is 372 g/mol. The van der Waals surface area contributed by atoms with E-state index in [9.17, 15) is 29.8 Å². The lowest BCUT2D eigenvalue weighted by Crippen LogP contribution is -2.08. The van der Waals surface area contributed by atoms with Gasteiger partial charge in [-0.15, -0.1) is 0 Å². The lowest BCUT2D eigenvalue weighted by atomic mass is 10.2. The molecular formula is C18H14N2O8. The van der Waals surface area contributed by atoms with E-state index in [0.29, 0.717) is 11.1 Å². The van der Waals surface area contributed by atoms with Crippen LogP contribution < -0.4 is 9.47 Å². The molecule has 10 nitrogen and oxygen atoms in total. The highest BCUT2D eigenvalue weighted by molar-refractivity contribution is 5.93. The van der Waals surface area contributed by atoms with Crippen molar-refractivity contribution in [1.29, 1.82) is 0 Å². The fourth-order valence-corrected chi connectivity index (χ4v) is 2.14. The Labute approximate surface area is 158 Å². The van der Waals surface area contributed by atoms with Gasteiger partial charge in [0.05, 0.1) is 22.0 Å². The number of benzene rings is 2. The van der Waals surface area contributed by atoms with Crippen molar-refractivity contribution < 1.29 is 28.9 Å². The van der Waals surface area contributed by atoms with Crippen molar-refractivity contribution in [2.45, 2.75) is 13.8 Å². The number of carbonyl (C=O) groups excluding carboxylic acids is 2. The average molecular weight is 386 g/mol. The summed E-state index contributed by atoms with van der Waals surface area (Å²) in [7, 11) is 0. The molecule has 10 heteroatoms. The summed E-state index contributed by atoms with van der Waals surface area (Å²) < 4.78 is 9.80. The zero-order valence-corrected chi connectivity index (χ0v) is 14.8. The molecule has 0 saturated heterocycles. The van der Waals surface area contributed by atoms with Crippen LogP contribution in [-0.4, -0.2) is 21.8 Å². The van der Waals surface area contributed by atoms with Crippen LogP contribution in [-0.2, 0) is 9.59 Å². The highest BCUT2D eigenvalue weighted by atomic mass is 16.6. The molecule has 0 bridgehead atoms. The van der Waals surface area contributed by atoms with E-state index in [2.05, 4.69) is 0 Å². The summed E-state index contributed by atoms with van der Waals surface area (Å²) >= 11 is 0. The van der Waals surface area contributed by atoms with Gasteiger partial charge in [0, 0.05) is 23.3 Å². The monoisotopic (exact) mass is 386 g/mol. The molecule has 144 valence electrons. The van der Waals surface area contributed by atoms with Gasteiger partial charge in [0.1, 0.15) is 11.5 Å². The van der Waals surface area contributed by atoms with Gasteiger partial charge in [-0.2, -0.15) is 0 Å². The molecule has 0 aliphatic rings. The Morgan fingerprint density at radius 3 is 1.46 bits per heavy atom. The van der Waals surface area contributed by atoms with Crippen molar-refractivity contribution in [1.82, 2.24) is 0 Å². The molecule has 0 aliphatic carbocycles. The Hall–Kier alpha value is -4.08. The quantitative estimate of drug-likeness (QED) is 0.242. The Bertz CT molecular complexity index is 918. The maximum Gasteiger partial charge on any atom is 0.336 e. The summed E-state index contributed by atoms with van der Waals surface area (Å²) in [6.07, 6.45) is 1.55. The van der Waals surface area contributed by atoms with Gasteiger partial charge in [-0.25, -0.2) is 9.59 Å². The number of hydrogen-bond acceptors (Lipinski definition) is 8. The standard InChI is InChI=1S/C18H14N2O8/c1-11-3-5-13(9-15(11)19(23)24)27-17(21)7-8-18(22)28-14-6-4-12(2)16(10-14)20(25)26/h3-10H,1-2H3. The van der Waals surface area contributed by atoms with Crippen molar-refractivity contribution >= 4 is 23.3 Å². The van der Waals surface area contributed by atoms with Crippen LogP contribution in [0.3, 0.4) is 0 Å². The Balaban J connectivity index is 2.02. The molecule has 28 heavy (non-hydrogen) atoms. The maximum atomic E-state index is 11.7. The van der Waals surface area contributed by atoms with E-state index in [1.807, 2.05) is 0 Å². The highest BCUT2D eigenvalue weighted by Gasteiger charge is 2.14. The summed E-state index contributed by atoms with van der Waals surface area (Å²) in [6, 6.07) is 7.76. The number of rotatable bonds is 6. The molecule has 0 fully saturated rings. The predicted molar refractivity (Wildman–Crippen MR) is 96.1 cm³/mol. The zero-order chi connectivity index (χ0) is 20.8. The van der Waals surface area contributed by atoms with E-state index in [1.165, 1.54) is 38.1 Å². The second-order valence-electron chi connectivity index (χ2n) is 5.59. The first-order valence-electron chi connectivity index (χ1n) is 7.79. The maximum absolute atomic E-state index is 11.7. The minimum Gasteiger partial charge on any atom is -0.423 e. The second kappa shape index (κ2) is 8.54. The van der Waals surface area contributed by atoms with Crippen LogP contribution in [0.1, 0.15) is 11.1 Å². The lowest BCUT2D eigenvalue weighted by Gasteiger charge is -2.04. The molecule has 0 N–H and O–H groups in total. The predicted octanol–water partition coefficient (Wildman–Crippen LogP) is 3.19. The van der Waals surface area contributed by atoms with Crippen LogP contribution in [0.5, 0.6) is 11.5 Å². The SMILES string of the molecule is Cc1ccc(OC(=O)C=CC(=O)Oc2ccc(C)c([N+](=O)[O-])c2)cc1[N+](=O)[O-]. The van der Waals surface area contributed by atoms with E-state index in [0.717, 1.165) is 24.3 Å². The van der Waals surface area contributed by atoms with Crippen LogP contribution in [0.25, 0.3) is 0 Å². The van der Waals surface area contributed by atoms with Crippen molar-refractivity contribution in [3.8, 4) is 11.5 Å². The first kappa shape index (κ1) is 20.2. The fourth-order valence-electron chi connectivity index (χ4n) is 2.14. The Morgan fingerprint density at radius 2 is 1.14 bits per heavy atom. The number of aryl methyl sites for hydroxylation is 2. The van der Waals surface area contributed by atoms with E-state index < -0.39 is 21.8 Å².